The zero-order valence-electron chi connectivity index (χ0n) is 16.2. The normalized spacial score (nSPS) is 11.6. The molecule has 0 aliphatic heterocycles. The van der Waals surface area contributed by atoms with Crippen molar-refractivity contribution in [3.8, 4) is 11.5 Å². The Labute approximate surface area is 168 Å². The summed E-state index contributed by atoms with van der Waals surface area (Å²) in [4.78, 5) is 17.6. The van der Waals surface area contributed by atoms with E-state index in [9.17, 15) is 4.79 Å². The minimum Gasteiger partial charge on any atom is -0.494 e. The molecule has 0 fully saturated rings. The van der Waals surface area contributed by atoms with E-state index in [1.54, 1.807) is 6.08 Å². The Hall–Kier alpha value is -2.86. The van der Waals surface area contributed by atoms with Gasteiger partial charge in [-0.15, -0.1) is 6.58 Å². The number of carbonyl (C=O) groups is 1. The number of hydrogen-bond donors (Lipinski definition) is 0. The number of carbonyl (C=O) groups excluding carboxylic acids is 1. The molecule has 1 heterocycles. The van der Waals surface area contributed by atoms with Gasteiger partial charge in [0.05, 0.1) is 29.9 Å². The summed E-state index contributed by atoms with van der Waals surface area (Å²) in [5.41, 5.74) is 1.92. The van der Waals surface area contributed by atoms with Crippen molar-refractivity contribution in [1.82, 2.24) is 4.57 Å². The van der Waals surface area contributed by atoms with Gasteiger partial charge in [-0.25, -0.2) is 0 Å². The molecule has 2 aromatic carbocycles. The number of allylic oxidation sites excluding steroid dienone is 1. The highest BCUT2D eigenvalue weighted by Gasteiger charge is 2.09. The molecule has 0 radical (unpaired) electrons. The van der Waals surface area contributed by atoms with Gasteiger partial charge in [-0.3, -0.25) is 4.79 Å². The molecule has 0 spiro atoms. The van der Waals surface area contributed by atoms with Crippen LogP contribution in [0.25, 0.3) is 10.2 Å². The maximum atomic E-state index is 12.5. The average molecular weight is 397 g/mol. The lowest BCUT2D eigenvalue weighted by Crippen LogP contribution is -2.16. The van der Waals surface area contributed by atoms with Crippen molar-refractivity contribution in [3.05, 3.63) is 65.5 Å². The monoisotopic (exact) mass is 396 g/mol. The first-order valence-corrected chi connectivity index (χ1v) is 10.1. The average Bonchev–Trinajstić information content (AvgIpc) is 3.00. The van der Waals surface area contributed by atoms with E-state index in [2.05, 4.69) is 11.6 Å². The molecular formula is C22H24N2O3S. The lowest BCUT2D eigenvalue weighted by Gasteiger charge is -2.04. The molecule has 0 bridgehead atoms. The second kappa shape index (κ2) is 9.37. The van der Waals surface area contributed by atoms with Crippen LogP contribution in [0.1, 0.15) is 19.4 Å². The van der Waals surface area contributed by atoms with Crippen LogP contribution in [0.4, 0.5) is 0 Å². The largest absolute Gasteiger partial charge is 0.494 e. The van der Waals surface area contributed by atoms with E-state index in [1.807, 2.05) is 60.9 Å². The van der Waals surface area contributed by atoms with E-state index >= 15 is 0 Å². The van der Waals surface area contributed by atoms with Crippen LogP contribution in [0.2, 0.25) is 0 Å². The van der Waals surface area contributed by atoms with Crippen LogP contribution in [-0.2, 0) is 17.8 Å². The highest BCUT2D eigenvalue weighted by molar-refractivity contribution is 7.16. The summed E-state index contributed by atoms with van der Waals surface area (Å²) in [7, 11) is 0. The number of fused-ring (bicyclic) bond motifs is 1. The fourth-order valence-electron chi connectivity index (χ4n) is 2.89. The van der Waals surface area contributed by atoms with Gasteiger partial charge in [0.1, 0.15) is 11.5 Å². The second-order valence-corrected chi connectivity index (χ2v) is 7.11. The van der Waals surface area contributed by atoms with Crippen molar-refractivity contribution in [2.45, 2.75) is 26.8 Å². The van der Waals surface area contributed by atoms with Crippen molar-refractivity contribution in [2.75, 3.05) is 13.2 Å². The Morgan fingerprint density at radius 3 is 2.46 bits per heavy atom. The number of aromatic nitrogens is 1. The molecule has 28 heavy (non-hydrogen) atoms. The Kier molecular flexibility index (Phi) is 6.66. The van der Waals surface area contributed by atoms with Crippen LogP contribution < -0.4 is 14.3 Å². The SMILES string of the molecule is C=CCn1c(=NC(=O)Cc2ccc(OCC)cc2)sc2cc(OCC)ccc21. The first kappa shape index (κ1) is 19.9. The predicted octanol–water partition coefficient (Wildman–Crippen LogP) is 4.36. The van der Waals surface area contributed by atoms with Gasteiger partial charge in [0.25, 0.3) is 5.91 Å². The lowest BCUT2D eigenvalue weighted by atomic mass is 10.1. The highest BCUT2D eigenvalue weighted by Crippen LogP contribution is 2.23. The van der Waals surface area contributed by atoms with Crippen LogP contribution in [0, 0.1) is 0 Å². The van der Waals surface area contributed by atoms with E-state index < -0.39 is 0 Å². The standard InChI is InChI=1S/C22H24N2O3S/c1-4-13-24-19-12-11-18(27-6-3)15-20(19)28-22(24)23-21(25)14-16-7-9-17(10-8-16)26-5-2/h4,7-12,15H,1,5-6,13-14H2,2-3H3. The summed E-state index contributed by atoms with van der Waals surface area (Å²) in [6.45, 7) is 9.54. The van der Waals surface area contributed by atoms with Crippen molar-refractivity contribution < 1.29 is 14.3 Å². The molecule has 146 valence electrons. The summed E-state index contributed by atoms with van der Waals surface area (Å²) >= 11 is 1.48. The van der Waals surface area contributed by atoms with Gasteiger partial charge >= 0.3 is 0 Å². The highest BCUT2D eigenvalue weighted by atomic mass is 32.1. The number of rotatable bonds is 8. The number of thiazole rings is 1. The van der Waals surface area contributed by atoms with Crippen molar-refractivity contribution in [2.24, 2.45) is 4.99 Å². The molecule has 0 unspecified atom stereocenters. The number of ether oxygens (including phenoxy) is 2. The van der Waals surface area contributed by atoms with E-state index in [-0.39, 0.29) is 12.3 Å². The summed E-state index contributed by atoms with van der Waals surface area (Å²) < 4.78 is 14.0. The second-order valence-electron chi connectivity index (χ2n) is 6.11. The molecule has 5 nitrogen and oxygen atoms in total. The third-order valence-electron chi connectivity index (χ3n) is 4.09. The minimum absolute atomic E-state index is 0.182. The van der Waals surface area contributed by atoms with Gasteiger partial charge in [-0.2, -0.15) is 4.99 Å². The first-order chi connectivity index (χ1) is 13.6. The third kappa shape index (κ3) is 4.70. The van der Waals surface area contributed by atoms with Gasteiger partial charge in [0.2, 0.25) is 0 Å². The molecule has 0 saturated heterocycles. The molecule has 1 amide bonds. The molecule has 0 aliphatic rings. The van der Waals surface area contributed by atoms with Crippen molar-refractivity contribution in [1.29, 1.82) is 0 Å². The van der Waals surface area contributed by atoms with Gasteiger partial charge in [0.15, 0.2) is 4.80 Å². The Morgan fingerprint density at radius 1 is 1.11 bits per heavy atom. The predicted molar refractivity (Wildman–Crippen MR) is 113 cm³/mol. The van der Waals surface area contributed by atoms with Crippen LogP contribution in [0.3, 0.4) is 0 Å². The molecule has 1 aromatic heterocycles. The van der Waals surface area contributed by atoms with Crippen molar-refractivity contribution >= 4 is 27.5 Å². The van der Waals surface area contributed by atoms with Gasteiger partial charge < -0.3 is 14.0 Å². The van der Waals surface area contributed by atoms with Crippen LogP contribution in [-0.4, -0.2) is 23.7 Å². The topological polar surface area (TPSA) is 52.8 Å². The van der Waals surface area contributed by atoms with E-state index in [0.717, 1.165) is 27.3 Å². The van der Waals surface area contributed by atoms with Crippen LogP contribution >= 0.6 is 11.3 Å². The maximum absolute atomic E-state index is 12.5. The minimum atomic E-state index is -0.182. The smallest absolute Gasteiger partial charge is 0.252 e. The zero-order valence-corrected chi connectivity index (χ0v) is 17.0. The molecule has 3 aromatic rings. The Balaban J connectivity index is 1.89. The molecule has 6 heteroatoms. The van der Waals surface area contributed by atoms with Crippen molar-refractivity contribution in [3.63, 3.8) is 0 Å². The fourth-order valence-corrected chi connectivity index (χ4v) is 3.98. The fraction of sp³-hybridized carbons (Fsp3) is 0.273. The quantitative estimate of drug-likeness (QED) is 0.532. The number of benzene rings is 2. The van der Waals surface area contributed by atoms with E-state index in [4.69, 9.17) is 9.47 Å². The summed E-state index contributed by atoms with van der Waals surface area (Å²) in [6.07, 6.45) is 2.05. The van der Waals surface area contributed by atoms with Crippen LogP contribution in [0.15, 0.2) is 60.1 Å². The Morgan fingerprint density at radius 2 is 1.79 bits per heavy atom. The van der Waals surface area contributed by atoms with Gasteiger partial charge in [0, 0.05) is 6.54 Å². The van der Waals surface area contributed by atoms with Crippen LogP contribution in [0.5, 0.6) is 11.5 Å². The molecule has 0 aliphatic carbocycles. The lowest BCUT2D eigenvalue weighted by molar-refractivity contribution is -0.117. The first-order valence-electron chi connectivity index (χ1n) is 9.31. The zero-order chi connectivity index (χ0) is 19.9. The third-order valence-corrected chi connectivity index (χ3v) is 5.13. The molecule has 3 rings (SSSR count). The summed E-state index contributed by atoms with van der Waals surface area (Å²) in [5.74, 6) is 1.43. The number of nitrogens with zero attached hydrogens (tertiary/aromatic N) is 2. The summed E-state index contributed by atoms with van der Waals surface area (Å²) in [5, 5.41) is 0. The molecule has 0 N–H and O–H groups in total. The number of amides is 1. The van der Waals surface area contributed by atoms with Gasteiger partial charge in [-0.05, 0) is 49.7 Å². The van der Waals surface area contributed by atoms with Gasteiger partial charge in [-0.1, -0.05) is 29.5 Å². The molecular weight excluding hydrogens is 372 g/mol. The molecule has 0 saturated carbocycles. The molecule has 0 atom stereocenters. The maximum Gasteiger partial charge on any atom is 0.252 e. The van der Waals surface area contributed by atoms with E-state index in [1.165, 1.54) is 11.3 Å². The Bertz CT molecular complexity index is 1030. The number of hydrogen-bond acceptors (Lipinski definition) is 4. The summed E-state index contributed by atoms with van der Waals surface area (Å²) in [6, 6.07) is 13.5. The van der Waals surface area contributed by atoms with E-state index in [0.29, 0.717) is 24.6 Å².